The zero-order chi connectivity index (χ0) is 17.3. The zero-order valence-corrected chi connectivity index (χ0v) is 14.1. The highest BCUT2D eigenvalue weighted by Gasteiger charge is 2.50. The first-order valence-corrected chi connectivity index (χ1v) is 8.33. The van der Waals surface area contributed by atoms with Crippen LogP contribution in [-0.4, -0.2) is 59.7 Å². The molecule has 0 spiro atoms. The summed E-state index contributed by atoms with van der Waals surface area (Å²) in [6.45, 7) is 2.63. The lowest BCUT2D eigenvalue weighted by Gasteiger charge is -2.28. The predicted octanol–water partition coefficient (Wildman–Crippen LogP) is 0.423. The first-order valence-electron chi connectivity index (χ1n) is 8.33. The van der Waals surface area contributed by atoms with Gasteiger partial charge in [0.2, 0.25) is 17.7 Å². The number of likely N-dealkylation sites (N-methyl/N-ethyl adjacent to an activating group) is 1. The van der Waals surface area contributed by atoms with Gasteiger partial charge >= 0.3 is 0 Å². The molecule has 0 unspecified atom stereocenters. The Balaban J connectivity index is 1.68. The Morgan fingerprint density at radius 2 is 1.88 bits per heavy atom. The maximum atomic E-state index is 12.5. The van der Waals surface area contributed by atoms with E-state index in [0.29, 0.717) is 25.9 Å². The Labute approximate surface area is 141 Å². The highest BCUT2D eigenvalue weighted by molar-refractivity contribution is 5.88. The third kappa shape index (κ3) is 3.00. The van der Waals surface area contributed by atoms with Gasteiger partial charge in [-0.15, -0.1) is 0 Å². The van der Waals surface area contributed by atoms with E-state index < -0.39 is 6.04 Å². The van der Waals surface area contributed by atoms with Crippen LogP contribution in [0.5, 0.6) is 0 Å². The number of rotatable bonds is 3. The van der Waals surface area contributed by atoms with Crippen molar-refractivity contribution >= 4 is 17.7 Å². The van der Waals surface area contributed by atoms with Crippen LogP contribution >= 0.6 is 0 Å². The summed E-state index contributed by atoms with van der Waals surface area (Å²) in [5.74, 6) is 0.0294. The molecule has 0 aliphatic carbocycles. The Bertz CT molecular complexity index is 646. The van der Waals surface area contributed by atoms with Crippen molar-refractivity contribution in [1.29, 1.82) is 0 Å². The average molecular weight is 329 g/mol. The molecule has 0 radical (unpaired) electrons. The molecule has 128 valence electrons. The Hall–Kier alpha value is -2.37. The summed E-state index contributed by atoms with van der Waals surface area (Å²) >= 11 is 0. The minimum absolute atomic E-state index is 0.0514. The van der Waals surface area contributed by atoms with Crippen molar-refractivity contribution in [2.24, 2.45) is 5.92 Å². The number of nitrogens with zero attached hydrogens (tertiary/aromatic N) is 2. The molecule has 3 amide bonds. The smallest absolute Gasteiger partial charge is 0.242 e. The topological polar surface area (TPSA) is 69.7 Å². The number of benzene rings is 1. The lowest BCUT2D eigenvalue weighted by atomic mass is 10.0. The van der Waals surface area contributed by atoms with Crippen LogP contribution in [0.4, 0.5) is 0 Å². The summed E-state index contributed by atoms with van der Waals surface area (Å²) in [5, 5.41) is 2.63. The molecule has 2 heterocycles. The van der Waals surface area contributed by atoms with Gasteiger partial charge in [0.25, 0.3) is 0 Å². The van der Waals surface area contributed by atoms with Crippen LogP contribution in [0.15, 0.2) is 30.3 Å². The molecule has 2 aliphatic heterocycles. The molecule has 1 aromatic carbocycles. The fourth-order valence-corrected chi connectivity index (χ4v) is 3.97. The molecule has 0 aromatic heterocycles. The number of likely N-dealkylation sites (tertiary alicyclic amines) is 2. The van der Waals surface area contributed by atoms with Crippen LogP contribution in [0.3, 0.4) is 0 Å². The quantitative estimate of drug-likeness (QED) is 0.874. The highest BCUT2D eigenvalue weighted by atomic mass is 16.2. The number of hydrogen-bond donors (Lipinski definition) is 1. The maximum absolute atomic E-state index is 12.5. The predicted molar refractivity (Wildman–Crippen MR) is 89.0 cm³/mol. The third-order valence-electron chi connectivity index (χ3n) is 5.09. The first kappa shape index (κ1) is 16.5. The van der Waals surface area contributed by atoms with Crippen LogP contribution in [-0.2, 0) is 20.8 Å². The van der Waals surface area contributed by atoms with Crippen LogP contribution in [0.25, 0.3) is 0 Å². The normalized spacial score (nSPS) is 25.5. The van der Waals surface area contributed by atoms with Crippen molar-refractivity contribution in [3.63, 3.8) is 0 Å². The number of carbonyl (C=O) groups is 3. The Kier molecular flexibility index (Phi) is 4.55. The van der Waals surface area contributed by atoms with Crippen molar-refractivity contribution in [3.05, 3.63) is 35.9 Å². The lowest BCUT2D eigenvalue weighted by Crippen LogP contribution is -2.49. The SMILES string of the molecule is CNC(=O)[C@@H]1C[C@H]2CN(C(=O)Cc3ccccc3)C[C@H]2N1C(C)=O. The molecular formula is C18H23N3O3. The first-order chi connectivity index (χ1) is 11.5. The van der Waals surface area contributed by atoms with Crippen LogP contribution < -0.4 is 5.32 Å². The molecule has 2 fully saturated rings. The van der Waals surface area contributed by atoms with Gasteiger partial charge in [0.05, 0.1) is 12.5 Å². The average Bonchev–Trinajstić information content (AvgIpc) is 3.12. The van der Waals surface area contributed by atoms with Crippen LogP contribution in [0, 0.1) is 5.92 Å². The number of fused-ring (bicyclic) bond motifs is 1. The third-order valence-corrected chi connectivity index (χ3v) is 5.09. The fraction of sp³-hybridized carbons (Fsp3) is 0.500. The van der Waals surface area contributed by atoms with Gasteiger partial charge in [0.15, 0.2) is 0 Å². The van der Waals surface area contributed by atoms with Gasteiger partial charge in [-0.1, -0.05) is 30.3 Å². The maximum Gasteiger partial charge on any atom is 0.242 e. The number of hydrogen-bond acceptors (Lipinski definition) is 3. The lowest BCUT2D eigenvalue weighted by molar-refractivity contribution is -0.139. The summed E-state index contributed by atoms with van der Waals surface area (Å²) in [5.41, 5.74) is 0.992. The van der Waals surface area contributed by atoms with Crippen LogP contribution in [0.2, 0.25) is 0 Å². The largest absolute Gasteiger partial charge is 0.357 e. The molecule has 0 bridgehead atoms. The minimum Gasteiger partial charge on any atom is -0.357 e. The molecule has 2 saturated heterocycles. The van der Waals surface area contributed by atoms with Gasteiger partial charge in [-0.2, -0.15) is 0 Å². The summed E-state index contributed by atoms with van der Waals surface area (Å²) in [6.07, 6.45) is 0.998. The molecule has 3 atom stereocenters. The van der Waals surface area contributed by atoms with Crippen molar-refractivity contribution < 1.29 is 14.4 Å². The molecule has 1 N–H and O–H groups in total. The fourth-order valence-electron chi connectivity index (χ4n) is 3.97. The van der Waals surface area contributed by atoms with Gasteiger partial charge < -0.3 is 15.1 Å². The number of amides is 3. The minimum atomic E-state index is -0.408. The van der Waals surface area contributed by atoms with Crippen molar-refractivity contribution in [2.45, 2.75) is 31.8 Å². The van der Waals surface area contributed by atoms with E-state index in [1.165, 1.54) is 6.92 Å². The summed E-state index contributed by atoms with van der Waals surface area (Å²) in [4.78, 5) is 40.1. The van der Waals surface area contributed by atoms with Gasteiger partial charge in [0.1, 0.15) is 6.04 Å². The monoisotopic (exact) mass is 329 g/mol. The van der Waals surface area contributed by atoms with E-state index in [0.717, 1.165) is 5.56 Å². The Morgan fingerprint density at radius 3 is 2.50 bits per heavy atom. The van der Waals surface area contributed by atoms with E-state index in [2.05, 4.69) is 5.32 Å². The van der Waals surface area contributed by atoms with Crippen molar-refractivity contribution in [3.8, 4) is 0 Å². The molecular weight excluding hydrogens is 306 g/mol. The molecule has 24 heavy (non-hydrogen) atoms. The van der Waals surface area contributed by atoms with E-state index in [9.17, 15) is 14.4 Å². The number of carbonyl (C=O) groups excluding carboxylic acids is 3. The molecule has 3 rings (SSSR count). The van der Waals surface area contributed by atoms with Gasteiger partial charge in [0, 0.05) is 33.0 Å². The van der Waals surface area contributed by atoms with E-state index in [4.69, 9.17) is 0 Å². The van der Waals surface area contributed by atoms with Gasteiger partial charge in [-0.05, 0) is 12.0 Å². The van der Waals surface area contributed by atoms with Gasteiger partial charge in [-0.3, -0.25) is 14.4 Å². The second-order valence-electron chi connectivity index (χ2n) is 6.58. The van der Waals surface area contributed by atoms with Crippen molar-refractivity contribution in [2.75, 3.05) is 20.1 Å². The summed E-state index contributed by atoms with van der Waals surface area (Å²) in [7, 11) is 1.59. The zero-order valence-electron chi connectivity index (χ0n) is 14.1. The van der Waals surface area contributed by atoms with Crippen molar-refractivity contribution in [1.82, 2.24) is 15.1 Å². The second-order valence-corrected chi connectivity index (χ2v) is 6.58. The number of nitrogens with one attached hydrogen (secondary N) is 1. The van der Waals surface area contributed by atoms with E-state index in [1.807, 2.05) is 35.2 Å². The molecule has 0 saturated carbocycles. The standard InChI is InChI=1S/C18H23N3O3/c1-12(22)21-15(18(24)19-2)9-14-10-20(11-16(14)21)17(23)8-13-6-4-3-5-7-13/h3-7,14-16H,8-11H2,1-2H3,(H,19,24)/t14-,15-,16+/m0/s1. The highest BCUT2D eigenvalue weighted by Crippen LogP contribution is 2.36. The van der Waals surface area contributed by atoms with E-state index in [-0.39, 0.29) is 29.7 Å². The molecule has 6 nitrogen and oxygen atoms in total. The van der Waals surface area contributed by atoms with E-state index >= 15 is 0 Å². The van der Waals surface area contributed by atoms with E-state index in [1.54, 1.807) is 11.9 Å². The van der Waals surface area contributed by atoms with Gasteiger partial charge in [-0.25, -0.2) is 0 Å². The molecule has 1 aromatic rings. The summed E-state index contributed by atoms with van der Waals surface area (Å²) < 4.78 is 0. The summed E-state index contributed by atoms with van der Waals surface area (Å²) in [6, 6.07) is 9.20. The van der Waals surface area contributed by atoms with Crippen LogP contribution in [0.1, 0.15) is 18.9 Å². The second kappa shape index (κ2) is 6.63. The Morgan fingerprint density at radius 1 is 1.17 bits per heavy atom. The molecule has 2 aliphatic rings. The molecule has 6 heteroatoms.